The Kier molecular flexibility index (Phi) is 2.29. The Morgan fingerprint density at radius 2 is 2.31 bits per heavy atom. The third-order valence-electron chi connectivity index (χ3n) is 2.96. The van der Waals surface area contributed by atoms with Gasteiger partial charge in [-0.05, 0) is 32.4 Å². The highest BCUT2D eigenvalue weighted by Crippen LogP contribution is 2.23. The lowest BCUT2D eigenvalue weighted by atomic mass is 10.1. The molecule has 0 amide bonds. The minimum absolute atomic E-state index is 0.882. The average Bonchev–Trinajstić information content (AvgIpc) is 2.84. The fourth-order valence-electron chi connectivity index (χ4n) is 2.11. The summed E-state index contributed by atoms with van der Waals surface area (Å²) in [5, 5.41) is 8.96. The minimum atomic E-state index is 0.882. The molecule has 0 atom stereocenters. The van der Waals surface area contributed by atoms with Crippen molar-refractivity contribution in [2.45, 2.75) is 26.8 Å². The zero-order valence-corrected chi connectivity index (χ0v) is 10.3. The predicted octanol–water partition coefficient (Wildman–Crippen LogP) is 1.59. The molecule has 0 fully saturated rings. The smallest absolute Gasteiger partial charge is 0.210 e. The molecule has 0 saturated carbocycles. The first-order chi connectivity index (χ1) is 7.75. The topological polar surface area (TPSA) is 42.7 Å². The largest absolute Gasteiger partial charge is 0.311 e. The number of fused-ring (bicyclic) bond motifs is 1. The molecular formula is C11H14N4S. The Morgan fingerprint density at radius 1 is 1.44 bits per heavy atom. The van der Waals surface area contributed by atoms with Crippen LogP contribution in [0.3, 0.4) is 0 Å². The van der Waals surface area contributed by atoms with E-state index in [0.717, 1.165) is 24.6 Å². The van der Waals surface area contributed by atoms with Gasteiger partial charge in [-0.15, -0.1) is 11.3 Å². The Balaban J connectivity index is 2.11. The van der Waals surface area contributed by atoms with Crippen LogP contribution in [0.15, 0.2) is 6.20 Å². The van der Waals surface area contributed by atoms with E-state index in [9.17, 15) is 0 Å². The van der Waals surface area contributed by atoms with Gasteiger partial charge in [0.2, 0.25) is 5.13 Å². The summed E-state index contributed by atoms with van der Waals surface area (Å²) in [6.45, 7) is 6.14. The average molecular weight is 234 g/mol. The molecule has 0 bridgehead atoms. The van der Waals surface area contributed by atoms with Crippen LogP contribution in [-0.2, 0) is 13.0 Å². The molecular weight excluding hydrogens is 220 g/mol. The highest BCUT2D eigenvalue weighted by molar-refractivity contribution is 7.13. The first kappa shape index (κ1) is 9.99. The van der Waals surface area contributed by atoms with Crippen molar-refractivity contribution in [2.24, 2.45) is 0 Å². The van der Waals surface area contributed by atoms with Gasteiger partial charge in [0.15, 0.2) is 0 Å². The van der Waals surface area contributed by atoms with Crippen LogP contribution >= 0.6 is 11.3 Å². The second kappa shape index (κ2) is 3.68. The highest BCUT2D eigenvalue weighted by atomic mass is 32.1. The molecule has 2 aromatic rings. The Morgan fingerprint density at radius 3 is 3.00 bits per heavy atom. The standard InChI is InChI=1S/C11H14N4S/c1-7-5-13-11(16-7)15-8(2)9-3-4-12-6-10(9)14-15/h5,12H,3-4,6H2,1-2H3. The number of rotatable bonds is 1. The highest BCUT2D eigenvalue weighted by Gasteiger charge is 2.19. The van der Waals surface area contributed by atoms with Crippen LogP contribution in [0.2, 0.25) is 0 Å². The van der Waals surface area contributed by atoms with Gasteiger partial charge in [0, 0.05) is 23.3 Å². The second-order valence-corrected chi connectivity index (χ2v) is 5.32. The lowest BCUT2D eigenvalue weighted by Crippen LogP contribution is -2.23. The molecule has 16 heavy (non-hydrogen) atoms. The van der Waals surface area contributed by atoms with Crippen LogP contribution in [-0.4, -0.2) is 21.3 Å². The van der Waals surface area contributed by atoms with Crippen LogP contribution in [0.4, 0.5) is 0 Å². The number of nitrogens with zero attached hydrogens (tertiary/aromatic N) is 3. The Bertz CT molecular complexity index is 526. The van der Waals surface area contributed by atoms with Crippen LogP contribution < -0.4 is 5.32 Å². The van der Waals surface area contributed by atoms with Crippen molar-refractivity contribution >= 4 is 11.3 Å². The number of hydrogen-bond acceptors (Lipinski definition) is 4. The lowest BCUT2D eigenvalue weighted by molar-refractivity contribution is 0.629. The molecule has 3 heterocycles. The van der Waals surface area contributed by atoms with Gasteiger partial charge in [-0.25, -0.2) is 9.67 Å². The summed E-state index contributed by atoms with van der Waals surface area (Å²) in [5.74, 6) is 0. The molecule has 1 aliphatic rings. The van der Waals surface area contributed by atoms with Gasteiger partial charge in [0.05, 0.1) is 5.69 Å². The van der Waals surface area contributed by atoms with Crippen molar-refractivity contribution in [1.82, 2.24) is 20.1 Å². The quantitative estimate of drug-likeness (QED) is 0.815. The molecule has 1 N–H and O–H groups in total. The zero-order valence-electron chi connectivity index (χ0n) is 9.45. The van der Waals surface area contributed by atoms with E-state index in [1.54, 1.807) is 11.3 Å². The fraction of sp³-hybridized carbons (Fsp3) is 0.455. The molecule has 0 unspecified atom stereocenters. The summed E-state index contributed by atoms with van der Waals surface area (Å²) in [6, 6.07) is 0. The third-order valence-corrected chi connectivity index (χ3v) is 3.85. The maximum absolute atomic E-state index is 4.64. The first-order valence-electron chi connectivity index (χ1n) is 5.46. The van der Waals surface area contributed by atoms with Crippen molar-refractivity contribution in [1.29, 1.82) is 0 Å². The third kappa shape index (κ3) is 1.47. The summed E-state index contributed by atoms with van der Waals surface area (Å²) in [7, 11) is 0. The van der Waals surface area contributed by atoms with Gasteiger partial charge in [0.1, 0.15) is 0 Å². The number of aromatic nitrogens is 3. The maximum Gasteiger partial charge on any atom is 0.210 e. The lowest BCUT2D eigenvalue weighted by Gasteiger charge is -2.10. The van der Waals surface area contributed by atoms with E-state index in [4.69, 9.17) is 0 Å². The first-order valence-corrected chi connectivity index (χ1v) is 6.28. The van der Waals surface area contributed by atoms with E-state index in [-0.39, 0.29) is 0 Å². The zero-order chi connectivity index (χ0) is 11.1. The summed E-state index contributed by atoms with van der Waals surface area (Å²) >= 11 is 1.69. The van der Waals surface area contributed by atoms with Crippen molar-refractivity contribution in [3.63, 3.8) is 0 Å². The van der Waals surface area contributed by atoms with Gasteiger partial charge >= 0.3 is 0 Å². The number of thiazole rings is 1. The summed E-state index contributed by atoms with van der Waals surface area (Å²) < 4.78 is 1.98. The van der Waals surface area contributed by atoms with Crippen LogP contribution in [0, 0.1) is 13.8 Å². The molecule has 0 saturated heterocycles. The van der Waals surface area contributed by atoms with E-state index in [1.807, 2.05) is 10.9 Å². The summed E-state index contributed by atoms with van der Waals surface area (Å²) in [4.78, 5) is 5.61. The molecule has 0 spiro atoms. The molecule has 1 aliphatic heterocycles. The van der Waals surface area contributed by atoms with Gasteiger partial charge in [0.25, 0.3) is 0 Å². The summed E-state index contributed by atoms with van der Waals surface area (Å²) in [6.07, 6.45) is 2.98. The van der Waals surface area contributed by atoms with Crippen molar-refractivity contribution in [2.75, 3.05) is 6.54 Å². The van der Waals surface area contributed by atoms with E-state index in [0.29, 0.717) is 0 Å². The van der Waals surface area contributed by atoms with E-state index >= 15 is 0 Å². The van der Waals surface area contributed by atoms with Gasteiger partial charge < -0.3 is 5.32 Å². The molecule has 0 radical (unpaired) electrons. The van der Waals surface area contributed by atoms with Gasteiger partial charge in [-0.3, -0.25) is 0 Å². The second-order valence-electron chi connectivity index (χ2n) is 4.10. The fourth-order valence-corrected chi connectivity index (χ4v) is 2.87. The Hall–Kier alpha value is -1.20. The van der Waals surface area contributed by atoms with Gasteiger partial charge in [-0.1, -0.05) is 0 Å². The minimum Gasteiger partial charge on any atom is -0.311 e. The molecule has 2 aromatic heterocycles. The summed E-state index contributed by atoms with van der Waals surface area (Å²) in [5.41, 5.74) is 3.81. The number of hydrogen-bond donors (Lipinski definition) is 1. The van der Waals surface area contributed by atoms with Gasteiger partial charge in [-0.2, -0.15) is 5.10 Å². The van der Waals surface area contributed by atoms with Crippen LogP contribution in [0.5, 0.6) is 0 Å². The van der Waals surface area contributed by atoms with Crippen LogP contribution in [0.1, 0.15) is 21.8 Å². The van der Waals surface area contributed by atoms with E-state index < -0.39 is 0 Å². The number of aryl methyl sites for hydroxylation is 1. The number of nitrogens with one attached hydrogen (secondary N) is 1. The monoisotopic (exact) mass is 234 g/mol. The van der Waals surface area contributed by atoms with Crippen molar-refractivity contribution < 1.29 is 0 Å². The molecule has 4 nitrogen and oxygen atoms in total. The molecule has 5 heteroatoms. The normalized spacial score (nSPS) is 15.1. The molecule has 0 aromatic carbocycles. The predicted molar refractivity (Wildman–Crippen MR) is 64.1 cm³/mol. The molecule has 84 valence electrons. The van der Waals surface area contributed by atoms with Crippen molar-refractivity contribution in [3.05, 3.63) is 28.0 Å². The Labute approximate surface area is 98.3 Å². The maximum atomic E-state index is 4.64. The molecule has 0 aliphatic carbocycles. The van der Waals surface area contributed by atoms with Crippen molar-refractivity contribution in [3.8, 4) is 5.13 Å². The van der Waals surface area contributed by atoms with E-state index in [2.05, 4.69) is 29.2 Å². The van der Waals surface area contributed by atoms with E-state index in [1.165, 1.54) is 21.8 Å². The molecule has 3 rings (SSSR count). The SMILES string of the molecule is Cc1cnc(-n2nc3c(c2C)CCNC3)s1. The van der Waals surface area contributed by atoms with Crippen LogP contribution in [0.25, 0.3) is 5.13 Å².